The highest BCUT2D eigenvalue weighted by atomic mass is 19.4. The van der Waals surface area contributed by atoms with Crippen molar-refractivity contribution in [2.45, 2.75) is 26.6 Å². The quantitative estimate of drug-likeness (QED) is 0.805. The summed E-state index contributed by atoms with van der Waals surface area (Å²) in [6, 6.07) is 3.48. The van der Waals surface area contributed by atoms with Crippen LogP contribution in [0, 0.1) is 11.7 Å². The fourth-order valence-electron chi connectivity index (χ4n) is 1.48. The van der Waals surface area contributed by atoms with Crippen LogP contribution >= 0.6 is 0 Å². The Hall–Kier alpha value is -1.30. The second kappa shape index (κ2) is 6.75. The molecule has 0 heterocycles. The van der Waals surface area contributed by atoms with E-state index in [9.17, 15) is 17.6 Å². The third kappa shape index (κ3) is 6.42. The molecule has 19 heavy (non-hydrogen) atoms. The minimum Gasteiger partial charge on any atom is -0.484 e. The summed E-state index contributed by atoms with van der Waals surface area (Å²) in [5, 5.41) is 3.04. The van der Waals surface area contributed by atoms with Crippen molar-refractivity contribution in [2.24, 2.45) is 5.92 Å². The van der Waals surface area contributed by atoms with Crippen LogP contribution in [-0.4, -0.2) is 19.3 Å². The lowest BCUT2D eigenvalue weighted by molar-refractivity contribution is -0.153. The Morgan fingerprint density at radius 3 is 2.53 bits per heavy atom. The van der Waals surface area contributed by atoms with Crippen LogP contribution < -0.4 is 10.1 Å². The third-order valence-electron chi connectivity index (χ3n) is 2.28. The molecule has 2 nitrogen and oxygen atoms in total. The molecule has 1 aromatic rings. The smallest absolute Gasteiger partial charge is 0.422 e. The first-order valence-electron chi connectivity index (χ1n) is 5.96. The van der Waals surface area contributed by atoms with Gasteiger partial charge in [0.25, 0.3) is 0 Å². The Morgan fingerprint density at radius 2 is 1.95 bits per heavy atom. The van der Waals surface area contributed by atoms with E-state index >= 15 is 0 Å². The van der Waals surface area contributed by atoms with E-state index in [4.69, 9.17) is 0 Å². The van der Waals surface area contributed by atoms with E-state index < -0.39 is 18.6 Å². The second-order valence-corrected chi connectivity index (χ2v) is 4.68. The molecule has 1 rings (SSSR count). The van der Waals surface area contributed by atoms with Crippen LogP contribution in [-0.2, 0) is 6.54 Å². The molecule has 0 atom stereocenters. The van der Waals surface area contributed by atoms with Crippen molar-refractivity contribution in [3.63, 3.8) is 0 Å². The van der Waals surface area contributed by atoms with Crippen LogP contribution in [0.5, 0.6) is 5.75 Å². The summed E-state index contributed by atoms with van der Waals surface area (Å²) in [4.78, 5) is 0. The Labute approximate surface area is 109 Å². The summed E-state index contributed by atoms with van der Waals surface area (Å²) in [7, 11) is 0. The molecule has 6 heteroatoms. The second-order valence-electron chi connectivity index (χ2n) is 4.68. The first-order valence-corrected chi connectivity index (χ1v) is 5.96. The third-order valence-corrected chi connectivity index (χ3v) is 2.28. The van der Waals surface area contributed by atoms with Crippen molar-refractivity contribution < 1.29 is 22.3 Å². The Kier molecular flexibility index (Phi) is 5.60. The van der Waals surface area contributed by atoms with Crippen LogP contribution in [0.25, 0.3) is 0 Å². The number of halogens is 4. The van der Waals surface area contributed by atoms with Gasteiger partial charge in [0.15, 0.2) is 6.61 Å². The van der Waals surface area contributed by atoms with E-state index in [-0.39, 0.29) is 12.3 Å². The fraction of sp³-hybridized carbons (Fsp3) is 0.538. The van der Waals surface area contributed by atoms with E-state index in [1.165, 1.54) is 12.1 Å². The number of rotatable bonds is 6. The highest BCUT2D eigenvalue weighted by Crippen LogP contribution is 2.23. The molecule has 1 aromatic carbocycles. The zero-order chi connectivity index (χ0) is 14.5. The van der Waals surface area contributed by atoms with Crippen LogP contribution in [0.4, 0.5) is 17.6 Å². The molecule has 0 saturated heterocycles. The van der Waals surface area contributed by atoms with Crippen LogP contribution in [0.15, 0.2) is 18.2 Å². The van der Waals surface area contributed by atoms with Gasteiger partial charge in [0.2, 0.25) is 0 Å². The van der Waals surface area contributed by atoms with Crippen molar-refractivity contribution in [2.75, 3.05) is 13.2 Å². The molecule has 0 amide bonds. The molecule has 0 spiro atoms. The van der Waals surface area contributed by atoms with E-state index in [0.29, 0.717) is 18.0 Å². The van der Waals surface area contributed by atoms with Gasteiger partial charge in [0.1, 0.15) is 11.6 Å². The molecule has 0 saturated carbocycles. The first-order chi connectivity index (χ1) is 8.78. The van der Waals surface area contributed by atoms with Gasteiger partial charge in [0.05, 0.1) is 0 Å². The van der Waals surface area contributed by atoms with Gasteiger partial charge in [-0.3, -0.25) is 0 Å². The predicted octanol–water partition coefficient (Wildman–Crippen LogP) is 3.51. The molecule has 1 N–H and O–H groups in total. The Morgan fingerprint density at radius 1 is 1.26 bits per heavy atom. The maximum atomic E-state index is 13.1. The minimum atomic E-state index is -4.41. The van der Waals surface area contributed by atoms with E-state index in [2.05, 4.69) is 10.1 Å². The van der Waals surface area contributed by atoms with Gasteiger partial charge in [-0.25, -0.2) is 4.39 Å². The lowest BCUT2D eigenvalue weighted by atomic mass is 10.1. The van der Waals surface area contributed by atoms with Crippen LogP contribution in [0.3, 0.4) is 0 Å². The van der Waals surface area contributed by atoms with Crippen LogP contribution in [0.1, 0.15) is 19.4 Å². The summed E-state index contributed by atoms with van der Waals surface area (Å²) in [6.45, 7) is 3.58. The summed E-state index contributed by atoms with van der Waals surface area (Å²) < 4.78 is 54.1. The van der Waals surface area contributed by atoms with Gasteiger partial charge in [-0.2, -0.15) is 13.2 Å². The first kappa shape index (κ1) is 15.8. The maximum absolute atomic E-state index is 13.1. The molecule has 0 aliphatic rings. The summed E-state index contributed by atoms with van der Waals surface area (Å²) in [6.07, 6.45) is -4.41. The van der Waals surface area contributed by atoms with Crippen molar-refractivity contribution >= 4 is 0 Å². The maximum Gasteiger partial charge on any atom is 0.422 e. The molecule has 0 fully saturated rings. The highest BCUT2D eigenvalue weighted by molar-refractivity contribution is 5.34. The molecule has 0 aliphatic carbocycles. The van der Waals surface area contributed by atoms with Crippen molar-refractivity contribution in [3.05, 3.63) is 29.6 Å². The predicted molar refractivity (Wildman–Crippen MR) is 64.5 cm³/mol. The van der Waals surface area contributed by atoms with E-state index in [0.717, 1.165) is 6.07 Å². The summed E-state index contributed by atoms with van der Waals surface area (Å²) in [5.41, 5.74) is 0.380. The van der Waals surface area contributed by atoms with Gasteiger partial charge in [-0.15, -0.1) is 0 Å². The normalized spacial score (nSPS) is 11.9. The lowest BCUT2D eigenvalue weighted by Crippen LogP contribution is -2.22. The van der Waals surface area contributed by atoms with Gasteiger partial charge < -0.3 is 10.1 Å². The number of hydrogen-bond acceptors (Lipinski definition) is 2. The molecule has 108 valence electrons. The average molecular weight is 279 g/mol. The lowest BCUT2D eigenvalue weighted by Gasteiger charge is -2.14. The number of hydrogen-bond donors (Lipinski definition) is 1. The Balaban J connectivity index is 2.68. The van der Waals surface area contributed by atoms with E-state index in [1.807, 2.05) is 13.8 Å². The summed E-state index contributed by atoms with van der Waals surface area (Å²) >= 11 is 0. The van der Waals surface area contributed by atoms with Crippen LogP contribution in [0.2, 0.25) is 0 Å². The zero-order valence-corrected chi connectivity index (χ0v) is 10.9. The van der Waals surface area contributed by atoms with Crippen molar-refractivity contribution in [1.82, 2.24) is 5.32 Å². The fourth-order valence-corrected chi connectivity index (χ4v) is 1.48. The average Bonchev–Trinajstić information content (AvgIpc) is 2.26. The molecule has 0 unspecified atom stereocenters. The van der Waals surface area contributed by atoms with Gasteiger partial charge >= 0.3 is 6.18 Å². The minimum absolute atomic E-state index is 0.0509. The van der Waals surface area contributed by atoms with Crippen molar-refractivity contribution in [3.8, 4) is 5.75 Å². The monoisotopic (exact) mass is 279 g/mol. The molecule has 0 aliphatic heterocycles. The molecular formula is C13H17F4NO. The van der Waals surface area contributed by atoms with E-state index in [1.54, 1.807) is 0 Å². The number of ether oxygens (including phenoxy) is 1. The molecule has 0 bridgehead atoms. The van der Waals surface area contributed by atoms with Crippen molar-refractivity contribution in [1.29, 1.82) is 0 Å². The molecule has 0 aromatic heterocycles. The largest absolute Gasteiger partial charge is 0.484 e. The zero-order valence-electron chi connectivity index (χ0n) is 10.9. The standard InChI is InChI=1S/C13H17F4NO/c1-9(2)6-18-7-10-5-11(14)3-4-12(10)19-8-13(15,16)17/h3-5,9,18H,6-8H2,1-2H3. The topological polar surface area (TPSA) is 21.3 Å². The molecule has 0 radical (unpaired) electrons. The van der Waals surface area contributed by atoms with Gasteiger partial charge in [0, 0.05) is 12.1 Å². The van der Waals surface area contributed by atoms with Gasteiger partial charge in [-0.05, 0) is 30.7 Å². The SMILES string of the molecule is CC(C)CNCc1cc(F)ccc1OCC(F)(F)F. The Bertz CT molecular complexity index is 404. The number of alkyl halides is 3. The highest BCUT2D eigenvalue weighted by Gasteiger charge is 2.28. The van der Waals surface area contributed by atoms with Gasteiger partial charge in [-0.1, -0.05) is 13.8 Å². The molecular weight excluding hydrogens is 262 g/mol. The number of benzene rings is 1. The number of nitrogens with one attached hydrogen (secondary N) is 1. The summed E-state index contributed by atoms with van der Waals surface area (Å²) in [5.74, 6) is -0.0520.